The third-order valence-electron chi connectivity index (χ3n) is 2.48. The molecule has 2 aromatic heterocycles. The molecule has 0 aliphatic rings. The van der Waals surface area contributed by atoms with Gasteiger partial charge in [0, 0.05) is 6.20 Å². The Hall–Kier alpha value is -1.84. The Balaban J connectivity index is 2.74. The molecule has 15 heavy (non-hydrogen) atoms. The van der Waals surface area contributed by atoms with Gasteiger partial charge >= 0.3 is 5.97 Å². The molecule has 0 saturated heterocycles. The molecular weight excluding hydrogens is 192 g/mol. The SMILES string of the molecule is CCc1ccn2c(C(=O)O)c(C)nc2c1. The minimum Gasteiger partial charge on any atom is -0.477 e. The second-order valence-electron chi connectivity index (χ2n) is 3.47. The van der Waals surface area contributed by atoms with Crippen LogP contribution in [0.15, 0.2) is 18.3 Å². The first kappa shape index (κ1) is 9.71. The molecule has 2 aromatic rings. The molecule has 0 radical (unpaired) electrons. The van der Waals surface area contributed by atoms with E-state index in [1.807, 2.05) is 12.1 Å². The molecule has 2 heterocycles. The van der Waals surface area contributed by atoms with Crippen LogP contribution in [0.2, 0.25) is 0 Å². The summed E-state index contributed by atoms with van der Waals surface area (Å²) in [5.41, 5.74) is 2.65. The van der Waals surface area contributed by atoms with Crippen molar-refractivity contribution in [3.63, 3.8) is 0 Å². The Morgan fingerprint density at radius 2 is 2.33 bits per heavy atom. The van der Waals surface area contributed by atoms with Crippen LogP contribution in [0.25, 0.3) is 5.65 Å². The van der Waals surface area contributed by atoms with Crippen LogP contribution in [0.4, 0.5) is 0 Å². The highest BCUT2D eigenvalue weighted by Gasteiger charge is 2.14. The highest BCUT2D eigenvalue weighted by atomic mass is 16.4. The molecule has 4 nitrogen and oxygen atoms in total. The fourth-order valence-electron chi connectivity index (χ4n) is 1.68. The number of pyridine rings is 1. The molecule has 1 N–H and O–H groups in total. The number of aromatic nitrogens is 2. The molecule has 0 aliphatic heterocycles. The summed E-state index contributed by atoms with van der Waals surface area (Å²) in [6.07, 6.45) is 2.68. The van der Waals surface area contributed by atoms with E-state index in [2.05, 4.69) is 11.9 Å². The van der Waals surface area contributed by atoms with E-state index >= 15 is 0 Å². The van der Waals surface area contributed by atoms with E-state index in [4.69, 9.17) is 5.11 Å². The summed E-state index contributed by atoms with van der Waals surface area (Å²) in [7, 11) is 0. The van der Waals surface area contributed by atoms with Crippen molar-refractivity contribution >= 4 is 11.6 Å². The number of carboxylic acids is 1. The van der Waals surface area contributed by atoms with Gasteiger partial charge in [-0.3, -0.25) is 4.40 Å². The first-order chi connectivity index (χ1) is 7.13. The molecule has 0 fully saturated rings. The number of rotatable bonds is 2. The van der Waals surface area contributed by atoms with Gasteiger partial charge in [-0.1, -0.05) is 6.92 Å². The van der Waals surface area contributed by atoms with Gasteiger partial charge in [-0.25, -0.2) is 9.78 Å². The van der Waals surface area contributed by atoms with Crippen LogP contribution < -0.4 is 0 Å². The molecule has 0 saturated carbocycles. The van der Waals surface area contributed by atoms with Gasteiger partial charge < -0.3 is 5.11 Å². The van der Waals surface area contributed by atoms with Crippen molar-refractivity contribution in [2.75, 3.05) is 0 Å². The number of fused-ring (bicyclic) bond motifs is 1. The summed E-state index contributed by atoms with van der Waals surface area (Å²) in [6, 6.07) is 3.83. The van der Waals surface area contributed by atoms with E-state index in [0.29, 0.717) is 11.3 Å². The van der Waals surface area contributed by atoms with Gasteiger partial charge in [0.15, 0.2) is 5.69 Å². The minimum atomic E-state index is -0.941. The standard InChI is InChI=1S/C11H12N2O2/c1-3-8-4-5-13-9(6-8)12-7(2)10(13)11(14)15/h4-6H,3H2,1-2H3,(H,14,15). The van der Waals surface area contributed by atoms with Crippen molar-refractivity contribution in [1.82, 2.24) is 9.38 Å². The van der Waals surface area contributed by atoms with Crippen molar-refractivity contribution in [3.8, 4) is 0 Å². The lowest BCUT2D eigenvalue weighted by molar-refractivity contribution is 0.0688. The molecule has 0 unspecified atom stereocenters. The number of imidazole rings is 1. The van der Waals surface area contributed by atoms with Crippen LogP contribution in [0, 0.1) is 6.92 Å². The van der Waals surface area contributed by atoms with E-state index in [1.165, 1.54) is 0 Å². The van der Waals surface area contributed by atoms with Crippen LogP contribution in [0.5, 0.6) is 0 Å². The molecule has 0 aromatic carbocycles. The molecule has 0 aliphatic carbocycles. The van der Waals surface area contributed by atoms with E-state index in [-0.39, 0.29) is 5.69 Å². The van der Waals surface area contributed by atoms with Crippen molar-refractivity contribution in [1.29, 1.82) is 0 Å². The lowest BCUT2D eigenvalue weighted by Crippen LogP contribution is -2.03. The summed E-state index contributed by atoms with van der Waals surface area (Å²) in [5.74, 6) is -0.941. The van der Waals surface area contributed by atoms with E-state index < -0.39 is 5.97 Å². The number of hydrogen-bond donors (Lipinski definition) is 1. The number of hydrogen-bond acceptors (Lipinski definition) is 2. The quantitative estimate of drug-likeness (QED) is 0.812. The summed E-state index contributed by atoms with van der Waals surface area (Å²) < 4.78 is 1.61. The summed E-state index contributed by atoms with van der Waals surface area (Å²) in [5, 5.41) is 9.02. The predicted molar refractivity (Wildman–Crippen MR) is 56.3 cm³/mol. The number of nitrogens with zero attached hydrogens (tertiary/aromatic N) is 2. The largest absolute Gasteiger partial charge is 0.477 e. The first-order valence-corrected chi connectivity index (χ1v) is 4.84. The Labute approximate surface area is 87.2 Å². The minimum absolute atomic E-state index is 0.243. The summed E-state index contributed by atoms with van der Waals surface area (Å²) >= 11 is 0. The van der Waals surface area contributed by atoms with Crippen molar-refractivity contribution < 1.29 is 9.90 Å². The van der Waals surface area contributed by atoms with E-state index in [1.54, 1.807) is 17.5 Å². The number of carbonyl (C=O) groups is 1. The zero-order chi connectivity index (χ0) is 11.0. The van der Waals surface area contributed by atoms with Crippen LogP contribution >= 0.6 is 0 Å². The van der Waals surface area contributed by atoms with E-state index in [9.17, 15) is 4.79 Å². The van der Waals surface area contributed by atoms with Gasteiger partial charge in [-0.05, 0) is 31.0 Å². The third kappa shape index (κ3) is 1.48. The fraction of sp³-hybridized carbons (Fsp3) is 0.273. The third-order valence-corrected chi connectivity index (χ3v) is 2.48. The number of carboxylic acid groups (broad SMARTS) is 1. The zero-order valence-electron chi connectivity index (χ0n) is 8.69. The van der Waals surface area contributed by atoms with Gasteiger partial charge in [0.25, 0.3) is 0 Å². The normalized spacial score (nSPS) is 10.8. The van der Waals surface area contributed by atoms with Crippen LogP contribution in [-0.4, -0.2) is 20.5 Å². The topological polar surface area (TPSA) is 54.6 Å². The average molecular weight is 204 g/mol. The second-order valence-corrected chi connectivity index (χ2v) is 3.47. The molecule has 2 rings (SSSR count). The second kappa shape index (κ2) is 3.38. The first-order valence-electron chi connectivity index (χ1n) is 4.84. The average Bonchev–Trinajstić information content (AvgIpc) is 2.52. The lowest BCUT2D eigenvalue weighted by atomic mass is 10.2. The van der Waals surface area contributed by atoms with E-state index in [0.717, 1.165) is 12.0 Å². The maximum Gasteiger partial charge on any atom is 0.354 e. The Morgan fingerprint density at radius 1 is 1.60 bits per heavy atom. The Morgan fingerprint density at radius 3 is 2.93 bits per heavy atom. The van der Waals surface area contributed by atoms with Crippen LogP contribution in [0.1, 0.15) is 28.7 Å². The predicted octanol–water partition coefficient (Wildman–Crippen LogP) is 1.90. The zero-order valence-corrected chi connectivity index (χ0v) is 8.69. The summed E-state index contributed by atoms with van der Waals surface area (Å²) in [4.78, 5) is 15.2. The molecule has 0 bridgehead atoms. The van der Waals surface area contributed by atoms with Gasteiger partial charge in [-0.2, -0.15) is 0 Å². The van der Waals surface area contributed by atoms with Gasteiger partial charge in [0.05, 0.1) is 5.69 Å². The van der Waals surface area contributed by atoms with Gasteiger partial charge in [0.2, 0.25) is 0 Å². The Kier molecular flexibility index (Phi) is 2.19. The highest BCUT2D eigenvalue weighted by molar-refractivity contribution is 5.88. The van der Waals surface area contributed by atoms with Gasteiger partial charge in [-0.15, -0.1) is 0 Å². The van der Waals surface area contributed by atoms with Crippen molar-refractivity contribution in [2.45, 2.75) is 20.3 Å². The molecule has 0 spiro atoms. The Bertz CT molecular complexity index is 529. The molecule has 0 amide bonds. The smallest absolute Gasteiger partial charge is 0.354 e. The maximum absolute atomic E-state index is 11.0. The van der Waals surface area contributed by atoms with Crippen molar-refractivity contribution in [2.24, 2.45) is 0 Å². The van der Waals surface area contributed by atoms with Crippen LogP contribution in [0.3, 0.4) is 0 Å². The maximum atomic E-state index is 11.0. The highest BCUT2D eigenvalue weighted by Crippen LogP contribution is 2.13. The van der Waals surface area contributed by atoms with Gasteiger partial charge in [0.1, 0.15) is 5.65 Å². The monoisotopic (exact) mass is 204 g/mol. The molecule has 0 atom stereocenters. The fourth-order valence-corrected chi connectivity index (χ4v) is 1.68. The molecule has 4 heteroatoms. The molecular formula is C11H12N2O2. The summed E-state index contributed by atoms with van der Waals surface area (Å²) in [6.45, 7) is 3.77. The van der Waals surface area contributed by atoms with Crippen molar-refractivity contribution in [3.05, 3.63) is 35.3 Å². The number of aryl methyl sites for hydroxylation is 2. The molecule has 78 valence electrons. The number of aromatic carboxylic acids is 1. The van der Waals surface area contributed by atoms with Crippen LogP contribution in [-0.2, 0) is 6.42 Å². The lowest BCUT2D eigenvalue weighted by Gasteiger charge is -1.99.